The fraction of sp³-hybridized carbons (Fsp3) is 0.350. The summed E-state index contributed by atoms with van der Waals surface area (Å²) in [5.74, 6) is 1.21. The van der Waals surface area contributed by atoms with Crippen molar-refractivity contribution in [3.63, 3.8) is 0 Å². The number of amides is 1. The predicted octanol–water partition coefficient (Wildman–Crippen LogP) is 3.13. The van der Waals surface area contributed by atoms with E-state index in [0.29, 0.717) is 6.42 Å². The van der Waals surface area contributed by atoms with Crippen LogP contribution in [0.3, 0.4) is 0 Å². The van der Waals surface area contributed by atoms with E-state index < -0.39 is 0 Å². The molecule has 0 unspecified atom stereocenters. The molecular weight excluding hydrogens is 326 g/mol. The van der Waals surface area contributed by atoms with Crippen molar-refractivity contribution in [2.75, 3.05) is 25.0 Å². The number of aromatic nitrogens is 3. The van der Waals surface area contributed by atoms with E-state index in [9.17, 15) is 4.79 Å². The number of carbonyl (C=O) groups excluding carboxylic acids is 1. The maximum absolute atomic E-state index is 11.7. The van der Waals surface area contributed by atoms with Crippen LogP contribution < -0.4 is 5.32 Å². The summed E-state index contributed by atoms with van der Waals surface area (Å²) in [6, 6.07) is 14.2. The van der Waals surface area contributed by atoms with E-state index in [4.69, 9.17) is 4.98 Å². The molecule has 1 aliphatic heterocycles. The van der Waals surface area contributed by atoms with Gasteiger partial charge in [0.1, 0.15) is 5.82 Å². The molecule has 0 saturated carbocycles. The third kappa shape index (κ3) is 3.40. The summed E-state index contributed by atoms with van der Waals surface area (Å²) in [7, 11) is 0. The Bertz CT molecular complexity index is 919. The molecule has 1 aromatic carbocycles. The summed E-state index contributed by atoms with van der Waals surface area (Å²) in [5, 5.41) is 8.02. The lowest BCUT2D eigenvalue weighted by Gasteiger charge is -2.16. The molecule has 0 aliphatic carbocycles. The molecule has 1 fully saturated rings. The lowest BCUT2D eigenvalue weighted by Crippen LogP contribution is -2.27. The number of rotatable bonds is 6. The van der Waals surface area contributed by atoms with Gasteiger partial charge in [-0.1, -0.05) is 30.3 Å². The summed E-state index contributed by atoms with van der Waals surface area (Å²) in [6.07, 6.45) is 2.60. The standard InChI is InChI=1S/C20H23N5O/c1-15-13-19-22-17(16-7-3-2-4-8-16)14-18(25(19)23-15)21-10-6-12-24-11-5-9-20(24)26/h2-4,7-8,13-14,21H,5-6,9-12H2,1H3. The van der Waals surface area contributed by atoms with Gasteiger partial charge in [-0.2, -0.15) is 9.61 Å². The van der Waals surface area contributed by atoms with Gasteiger partial charge in [0.05, 0.1) is 11.4 Å². The largest absolute Gasteiger partial charge is 0.370 e. The van der Waals surface area contributed by atoms with Crippen molar-refractivity contribution in [1.29, 1.82) is 0 Å². The minimum absolute atomic E-state index is 0.283. The van der Waals surface area contributed by atoms with Crippen molar-refractivity contribution >= 4 is 17.4 Å². The number of fused-ring (bicyclic) bond motifs is 1. The minimum Gasteiger partial charge on any atom is -0.370 e. The van der Waals surface area contributed by atoms with Gasteiger partial charge in [-0.3, -0.25) is 4.79 Å². The zero-order valence-corrected chi connectivity index (χ0v) is 15.0. The van der Waals surface area contributed by atoms with Crippen LogP contribution in [-0.4, -0.2) is 45.0 Å². The average molecular weight is 349 g/mol. The lowest BCUT2D eigenvalue weighted by atomic mass is 10.1. The maximum Gasteiger partial charge on any atom is 0.222 e. The fourth-order valence-electron chi connectivity index (χ4n) is 3.40. The van der Waals surface area contributed by atoms with Crippen LogP contribution in [0, 0.1) is 6.92 Å². The molecule has 2 aromatic heterocycles. The molecule has 6 heteroatoms. The van der Waals surface area contributed by atoms with E-state index in [1.807, 2.05) is 46.7 Å². The van der Waals surface area contributed by atoms with Crippen molar-refractivity contribution < 1.29 is 4.79 Å². The van der Waals surface area contributed by atoms with Crippen LogP contribution in [0.5, 0.6) is 0 Å². The Labute approximate surface area is 152 Å². The SMILES string of the molecule is Cc1cc2nc(-c3ccccc3)cc(NCCCN3CCCC3=O)n2n1. The molecule has 1 saturated heterocycles. The van der Waals surface area contributed by atoms with Gasteiger partial charge in [0, 0.05) is 43.8 Å². The number of hydrogen-bond donors (Lipinski definition) is 1. The molecule has 1 N–H and O–H groups in total. The highest BCUT2D eigenvalue weighted by Gasteiger charge is 2.19. The number of anilines is 1. The Balaban J connectivity index is 1.52. The quantitative estimate of drug-likeness (QED) is 0.695. The van der Waals surface area contributed by atoms with E-state index in [1.54, 1.807) is 0 Å². The van der Waals surface area contributed by atoms with E-state index in [2.05, 4.69) is 22.5 Å². The van der Waals surface area contributed by atoms with Gasteiger partial charge in [0.2, 0.25) is 5.91 Å². The molecule has 0 radical (unpaired) electrons. The Morgan fingerprint density at radius 3 is 2.81 bits per heavy atom. The number of carbonyl (C=O) groups is 1. The predicted molar refractivity (Wildman–Crippen MR) is 102 cm³/mol. The van der Waals surface area contributed by atoms with Crippen molar-refractivity contribution in [3.05, 3.63) is 48.2 Å². The Kier molecular flexibility index (Phi) is 4.56. The van der Waals surface area contributed by atoms with Crippen LogP contribution in [0.15, 0.2) is 42.5 Å². The molecule has 0 spiro atoms. The number of nitrogens with zero attached hydrogens (tertiary/aromatic N) is 4. The molecule has 3 heterocycles. The van der Waals surface area contributed by atoms with Gasteiger partial charge >= 0.3 is 0 Å². The first-order valence-electron chi connectivity index (χ1n) is 9.15. The number of benzene rings is 1. The number of hydrogen-bond acceptors (Lipinski definition) is 4. The van der Waals surface area contributed by atoms with E-state index in [-0.39, 0.29) is 5.91 Å². The van der Waals surface area contributed by atoms with Gasteiger partial charge in [-0.25, -0.2) is 4.98 Å². The summed E-state index contributed by atoms with van der Waals surface area (Å²) in [4.78, 5) is 18.4. The molecular formula is C20H23N5O. The van der Waals surface area contributed by atoms with E-state index >= 15 is 0 Å². The Morgan fingerprint density at radius 2 is 2.04 bits per heavy atom. The van der Waals surface area contributed by atoms with Gasteiger partial charge in [0.15, 0.2) is 5.65 Å². The highest BCUT2D eigenvalue weighted by atomic mass is 16.2. The van der Waals surface area contributed by atoms with E-state index in [0.717, 1.165) is 60.9 Å². The van der Waals surface area contributed by atoms with Crippen LogP contribution in [-0.2, 0) is 4.79 Å². The number of nitrogens with one attached hydrogen (secondary N) is 1. The average Bonchev–Trinajstić information content (AvgIpc) is 3.23. The first kappa shape index (κ1) is 16.6. The summed E-state index contributed by atoms with van der Waals surface area (Å²) < 4.78 is 1.85. The molecule has 134 valence electrons. The maximum atomic E-state index is 11.7. The van der Waals surface area contributed by atoms with Gasteiger partial charge in [-0.15, -0.1) is 0 Å². The van der Waals surface area contributed by atoms with Gasteiger partial charge < -0.3 is 10.2 Å². The second-order valence-corrected chi connectivity index (χ2v) is 6.71. The second-order valence-electron chi connectivity index (χ2n) is 6.71. The summed E-state index contributed by atoms with van der Waals surface area (Å²) in [6.45, 7) is 4.47. The van der Waals surface area contributed by atoms with Crippen molar-refractivity contribution in [2.45, 2.75) is 26.2 Å². The summed E-state index contributed by atoms with van der Waals surface area (Å²) in [5.41, 5.74) is 3.78. The molecule has 3 aromatic rings. The highest BCUT2D eigenvalue weighted by molar-refractivity contribution is 5.78. The normalized spacial score (nSPS) is 14.3. The van der Waals surface area contributed by atoms with Gasteiger partial charge in [-0.05, 0) is 19.8 Å². The molecule has 6 nitrogen and oxygen atoms in total. The number of likely N-dealkylation sites (tertiary alicyclic amines) is 1. The lowest BCUT2D eigenvalue weighted by molar-refractivity contribution is -0.127. The van der Waals surface area contributed by atoms with Gasteiger partial charge in [0.25, 0.3) is 0 Å². The Hall–Kier alpha value is -2.89. The molecule has 26 heavy (non-hydrogen) atoms. The van der Waals surface area contributed by atoms with Crippen LogP contribution in [0.2, 0.25) is 0 Å². The van der Waals surface area contributed by atoms with Crippen LogP contribution in [0.1, 0.15) is 25.0 Å². The molecule has 4 rings (SSSR count). The van der Waals surface area contributed by atoms with E-state index in [1.165, 1.54) is 0 Å². The molecule has 0 bridgehead atoms. The van der Waals surface area contributed by atoms with Crippen molar-refractivity contribution in [2.24, 2.45) is 0 Å². The minimum atomic E-state index is 0.283. The molecule has 0 atom stereocenters. The smallest absolute Gasteiger partial charge is 0.222 e. The fourth-order valence-corrected chi connectivity index (χ4v) is 3.40. The van der Waals surface area contributed by atoms with Crippen molar-refractivity contribution in [3.8, 4) is 11.3 Å². The monoisotopic (exact) mass is 349 g/mol. The third-order valence-corrected chi connectivity index (χ3v) is 4.70. The molecule has 1 amide bonds. The summed E-state index contributed by atoms with van der Waals surface area (Å²) >= 11 is 0. The van der Waals surface area contributed by atoms with Crippen LogP contribution in [0.4, 0.5) is 5.82 Å². The zero-order chi connectivity index (χ0) is 17.9. The van der Waals surface area contributed by atoms with Crippen molar-refractivity contribution in [1.82, 2.24) is 19.5 Å². The molecule has 1 aliphatic rings. The Morgan fingerprint density at radius 1 is 1.19 bits per heavy atom. The first-order chi connectivity index (χ1) is 12.7. The number of aryl methyl sites for hydroxylation is 1. The highest BCUT2D eigenvalue weighted by Crippen LogP contribution is 2.22. The van der Waals surface area contributed by atoms with Crippen LogP contribution >= 0.6 is 0 Å². The van der Waals surface area contributed by atoms with Crippen LogP contribution in [0.25, 0.3) is 16.9 Å². The first-order valence-corrected chi connectivity index (χ1v) is 9.15. The topological polar surface area (TPSA) is 62.5 Å². The second kappa shape index (κ2) is 7.15. The third-order valence-electron chi connectivity index (χ3n) is 4.70. The zero-order valence-electron chi connectivity index (χ0n) is 15.0.